The highest BCUT2D eigenvalue weighted by Crippen LogP contribution is 2.18. The van der Waals surface area contributed by atoms with Crippen LogP contribution in [0.25, 0.3) is 0 Å². The first kappa shape index (κ1) is 17.4. The molecule has 2 N–H and O–H groups in total. The van der Waals surface area contributed by atoms with E-state index in [1.54, 1.807) is 18.3 Å². The topological polar surface area (TPSA) is 83.6 Å². The monoisotopic (exact) mass is 360 g/mol. The lowest BCUT2D eigenvalue weighted by molar-refractivity contribution is -0.120. The third-order valence-corrected chi connectivity index (χ3v) is 4.68. The number of hydrogen-bond acceptors (Lipinski definition) is 6. The van der Waals surface area contributed by atoms with Gasteiger partial charge in [0.1, 0.15) is 5.82 Å². The highest BCUT2D eigenvalue weighted by atomic mass is 32.1. The zero-order valence-corrected chi connectivity index (χ0v) is 14.6. The van der Waals surface area contributed by atoms with Crippen LogP contribution in [0.2, 0.25) is 0 Å². The second kappa shape index (κ2) is 8.59. The molecule has 0 bridgehead atoms. The lowest BCUT2D eigenvalue weighted by Gasteiger charge is -2.29. The van der Waals surface area contributed by atoms with Crippen molar-refractivity contribution in [2.45, 2.75) is 6.54 Å². The highest BCUT2D eigenvalue weighted by molar-refractivity contribution is 7.12. The molecule has 0 atom stereocenters. The Kier molecular flexibility index (Phi) is 5.97. The van der Waals surface area contributed by atoms with E-state index in [2.05, 4.69) is 20.5 Å². The number of ether oxygens (including phenoxy) is 1. The van der Waals surface area contributed by atoms with Crippen molar-refractivity contribution in [1.29, 1.82) is 0 Å². The van der Waals surface area contributed by atoms with Crippen molar-refractivity contribution >= 4 is 29.0 Å². The number of nitrogens with zero attached hydrogens (tertiary/aromatic N) is 2. The van der Waals surface area contributed by atoms with Gasteiger partial charge in [0.15, 0.2) is 0 Å². The zero-order valence-electron chi connectivity index (χ0n) is 13.7. The smallest absolute Gasteiger partial charge is 0.261 e. The first-order valence-corrected chi connectivity index (χ1v) is 8.97. The molecule has 1 fully saturated rings. The van der Waals surface area contributed by atoms with Crippen LogP contribution in [0.1, 0.15) is 15.2 Å². The standard InChI is InChI=1S/C17H20N4O3S/c22-15(12-20-17(23)14-4-2-10-25-14)19-11-13-3-1-5-18-16(13)21-6-8-24-9-7-21/h1-5,10H,6-9,11-12H2,(H,19,22)(H,20,23). The number of carbonyl (C=O) groups is 2. The van der Waals surface area contributed by atoms with Crippen molar-refractivity contribution in [3.05, 3.63) is 46.3 Å². The number of morpholine rings is 1. The third-order valence-electron chi connectivity index (χ3n) is 3.81. The Bertz CT molecular complexity index is 714. The number of thiophene rings is 1. The molecule has 2 aromatic rings. The van der Waals surface area contributed by atoms with Crippen LogP contribution in [-0.2, 0) is 16.1 Å². The fraction of sp³-hybridized carbons (Fsp3) is 0.353. The summed E-state index contributed by atoms with van der Waals surface area (Å²) < 4.78 is 5.37. The Morgan fingerprint density at radius 3 is 2.80 bits per heavy atom. The molecule has 2 amide bonds. The molecule has 3 rings (SSSR count). The first-order valence-electron chi connectivity index (χ1n) is 8.09. The average molecular weight is 360 g/mol. The molecule has 3 heterocycles. The van der Waals surface area contributed by atoms with Gasteiger partial charge in [-0.05, 0) is 17.5 Å². The molecule has 1 aliphatic heterocycles. The molecule has 0 aromatic carbocycles. The Balaban J connectivity index is 1.51. The molecule has 8 heteroatoms. The molecule has 1 saturated heterocycles. The minimum Gasteiger partial charge on any atom is -0.378 e. The van der Waals surface area contributed by atoms with Gasteiger partial charge in [-0.1, -0.05) is 12.1 Å². The number of rotatable bonds is 6. The lowest BCUT2D eigenvalue weighted by Crippen LogP contribution is -2.39. The van der Waals surface area contributed by atoms with Gasteiger partial charge in [0.2, 0.25) is 5.91 Å². The predicted octanol–water partition coefficient (Wildman–Crippen LogP) is 1.03. The number of carbonyl (C=O) groups excluding carboxylic acids is 2. The molecule has 2 aromatic heterocycles. The summed E-state index contributed by atoms with van der Waals surface area (Å²) in [4.78, 5) is 31.0. The van der Waals surface area contributed by atoms with Crippen LogP contribution in [0.4, 0.5) is 5.82 Å². The van der Waals surface area contributed by atoms with Gasteiger partial charge in [-0.15, -0.1) is 11.3 Å². The number of pyridine rings is 1. The van der Waals surface area contributed by atoms with Gasteiger partial charge >= 0.3 is 0 Å². The van der Waals surface area contributed by atoms with Crippen molar-refractivity contribution < 1.29 is 14.3 Å². The molecule has 0 saturated carbocycles. The van der Waals surface area contributed by atoms with E-state index >= 15 is 0 Å². The molecule has 0 unspecified atom stereocenters. The quantitative estimate of drug-likeness (QED) is 0.804. The van der Waals surface area contributed by atoms with Crippen LogP contribution >= 0.6 is 11.3 Å². The first-order chi connectivity index (χ1) is 12.2. The SMILES string of the molecule is O=C(CNC(=O)c1cccs1)NCc1cccnc1N1CCOCC1. The summed E-state index contributed by atoms with van der Waals surface area (Å²) in [6.45, 7) is 3.25. The number of nitrogens with one attached hydrogen (secondary N) is 2. The van der Waals surface area contributed by atoms with E-state index in [1.807, 2.05) is 17.5 Å². The average Bonchev–Trinajstić information content (AvgIpc) is 3.20. The van der Waals surface area contributed by atoms with E-state index in [1.165, 1.54) is 11.3 Å². The Labute approximate surface area is 150 Å². The van der Waals surface area contributed by atoms with Crippen molar-refractivity contribution in [2.24, 2.45) is 0 Å². The van der Waals surface area contributed by atoms with Crippen molar-refractivity contribution in [2.75, 3.05) is 37.7 Å². The van der Waals surface area contributed by atoms with E-state index in [0.29, 0.717) is 24.6 Å². The van der Waals surface area contributed by atoms with Gasteiger partial charge < -0.3 is 20.3 Å². The fourth-order valence-corrected chi connectivity index (χ4v) is 3.18. The molecule has 0 aliphatic carbocycles. The maximum Gasteiger partial charge on any atom is 0.261 e. The number of amides is 2. The van der Waals surface area contributed by atoms with E-state index < -0.39 is 0 Å². The molecular formula is C17H20N4O3S. The summed E-state index contributed by atoms with van der Waals surface area (Å²) in [5, 5.41) is 7.27. The predicted molar refractivity (Wildman–Crippen MR) is 95.8 cm³/mol. The summed E-state index contributed by atoms with van der Waals surface area (Å²) in [5.74, 6) is 0.399. The van der Waals surface area contributed by atoms with Crippen LogP contribution in [0.5, 0.6) is 0 Å². The number of anilines is 1. The lowest BCUT2D eigenvalue weighted by atomic mass is 10.2. The Morgan fingerprint density at radius 1 is 1.20 bits per heavy atom. The highest BCUT2D eigenvalue weighted by Gasteiger charge is 2.16. The zero-order chi connectivity index (χ0) is 17.5. The molecule has 0 spiro atoms. The summed E-state index contributed by atoms with van der Waals surface area (Å²) >= 11 is 1.34. The van der Waals surface area contributed by atoms with Gasteiger partial charge in [-0.2, -0.15) is 0 Å². The van der Waals surface area contributed by atoms with Crippen LogP contribution in [-0.4, -0.2) is 49.6 Å². The molecule has 7 nitrogen and oxygen atoms in total. The third kappa shape index (κ3) is 4.77. The molecule has 25 heavy (non-hydrogen) atoms. The Morgan fingerprint density at radius 2 is 2.04 bits per heavy atom. The van der Waals surface area contributed by atoms with E-state index in [0.717, 1.165) is 24.5 Å². The normalized spacial score (nSPS) is 14.2. The summed E-state index contributed by atoms with van der Waals surface area (Å²) in [7, 11) is 0. The number of hydrogen-bond donors (Lipinski definition) is 2. The molecule has 0 radical (unpaired) electrons. The van der Waals surface area contributed by atoms with Crippen LogP contribution in [0, 0.1) is 0 Å². The number of aromatic nitrogens is 1. The second-order valence-electron chi connectivity index (χ2n) is 5.52. The van der Waals surface area contributed by atoms with Crippen molar-refractivity contribution in [3.63, 3.8) is 0 Å². The van der Waals surface area contributed by atoms with E-state index in [9.17, 15) is 9.59 Å². The fourth-order valence-electron chi connectivity index (χ4n) is 2.54. The van der Waals surface area contributed by atoms with Crippen molar-refractivity contribution in [1.82, 2.24) is 15.6 Å². The minimum atomic E-state index is -0.236. The van der Waals surface area contributed by atoms with Gasteiger partial charge in [-0.3, -0.25) is 9.59 Å². The van der Waals surface area contributed by atoms with Crippen LogP contribution in [0.15, 0.2) is 35.8 Å². The van der Waals surface area contributed by atoms with E-state index in [-0.39, 0.29) is 18.4 Å². The minimum absolute atomic E-state index is 0.0517. The van der Waals surface area contributed by atoms with Gasteiger partial charge in [0, 0.05) is 31.4 Å². The Hall–Kier alpha value is -2.45. The maximum absolute atomic E-state index is 12.0. The summed E-state index contributed by atoms with van der Waals surface area (Å²) in [5.41, 5.74) is 0.947. The second-order valence-corrected chi connectivity index (χ2v) is 6.47. The molecule has 132 valence electrons. The van der Waals surface area contributed by atoms with Crippen molar-refractivity contribution in [3.8, 4) is 0 Å². The molecule has 1 aliphatic rings. The largest absolute Gasteiger partial charge is 0.378 e. The maximum atomic E-state index is 12.0. The summed E-state index contributed by atoms with van der Waals surface area (Å²) in [6.07, 6.45) is 1.75. The summed E-state index contributed by atoms with van der Waals surface area (Å²) in [6, 6.07) is 7.32. The van der Waals surface area contributed by atoms with Crippen LogP contribution in [0.3, 0.4) is 0 Å². The van der Waals surface area contributed by atoms with E-state index in [4.69, 9.17) is 4.74 Å². The molecular weight excluding hydrogens is 340 g/mol. The van der Waals surface area contributed by atoms with Gasteiger partial charge in [0.25, 0.3) is 5.91 Å². The van der Waals surface area contributed by atoms with Crippen LogP contribution < -0.4 is 15.5 Å². The van der Waals surface area contributed by atoms with Gasteiger partial charge in [-0.25, -0.2) is 4.98 Å². The van der Waals surface area contributed by atoms with Gasteiger partial charge in [0.05, 0.1) is 24.6 Å².